The maximum absolute atomic E-state index is 12.2. The molecule has 2 N–H and O–H groups in total. The highest BCUT2D eigenvalue weighted by Gasteiger charge is 2.27. The Morgan fingerprint density at radius 1 is 1.55 bits per heavy atom. The fourth-order valence-electron chi connectivity index (χ4n) is 2.73. The van der Waals surface area contributed by atoms with Crippen molar-refractivity contribution in [1.29, 1.82) is 0 Å². The molecule has 0 amide bonds. The SMILES string of the molecule is CCC1CN(c2cnn(C(C)C)c(=O)c2Cl)CCC1N. The van der Waals surface area contributed by atoms with Gasteiger partial charge in [0.1, 0.15) is 5.02 Å². The summed E-state index contributed by atoms with van der Waals surface area (Å²) in [5, 5.41) is 4.49. The molecule has 1 aromatic heterocycles. The van der Waals surface area contributed by atoms with Crippen molar-refractivity contribution in [2.24, 2.45) is 11.7 Å². The topological polar surface area (TPSA) is 64.2 Å². The Hall–Kier alpha value is -1.07. The smallest absolute Gasteiger partial charge is 0.287 e. The molecule has 6 heteroatoms. The van der Waals surface area contributed by atoms with Gasteiger partial charge in [0.15, 0.2) is 0 Å². The lowest BCUT2D eigenvalue weighted by atomic mass is 9.90. The molecule has 0 bridgehead atoms. The van der Waals surface area contributed by atoms with Crippen LogP contribution in [0.5, 0.6) is 0 Å². The molecule has 0 saturated carbocycles. The summed E-state index contributed by atoms with van der Waals surface area (Å²) in [6, 6.07) is 0.242. The molecule has 112 valence electrons. The van der Waals surface area contributed by atoms with Crippen molar-refractivity contribution >= 4 is 17.3 Å². The van der Waals surface area contributed by atoms with Gasteiger partial charge in [-0.2, -0.15) is 5.10 Å². The first-order valence-corrected chi connectivity index (χ1v) is 7.61. The van der Waals surface area contributed by atoms with Crippen molar-refractivity contribution in [3.8, 4) is 0 Å². The molecule has 5 nitrogen and oxygen atoms in total. The maximum Gasteiger partial charge on any atom is 0.287 e. The average Bonchev–Trinajstić information content (AvgIpc) is 2.42. The second-order valence-corrected chi connectivity index (χ2v) is 6.13. The van der Waals surface area contributed by atoms with E-state index in [0.29, 0.717) is 5.92 Å². The van der Waals surface area contributed by atoms with Crippen LogP contribution >= 0.6 is 11.6 Å². The molecule has 1 aliphatic rings. The normalized spacial score (nSPS) is 23.4. The van der Waals surface area contributed by atoms with Crippen LogP contribution in [0.25, 0.3) is 0 Å². The van der Waals surface area contributed by atoms with Gasteiger partial charge in [-0.05, 0) is 26.2 Å². The van der Waals surface area contributed by atoms with E-state index >= 15 is 0 Å². The largest absolute Gasteiger partial charge is 0.368 e. The van der Waals surface area contributed by atoms with Crippen LogP contribution in [0.15, 0.2) is 11.0 Å². The first kappa shape index (κ1) is 15.3. The van der Waals surface area contributed by atoms with Gasteiger partial charge in [0.25, 0.3) is 5.56 Å². The summed E-state index contributed by atoms with van der Waals surface area (Å²) in [5.74, 6) is 0.437. The highest BCUT2D eigenvalue weighted by Crippen LogP contribution is 2.27. The maximum atomic E-state index is 12.2. The van der Waals surface area contributed by atoms with E-state index in [2.05, 4.69) is 16.9 Å². The third-order valence-electron chi connectivity index (χ3n) is 4.07. The number of rotatable bonds is 3. The van der Waals surface area contributed by atoms with Crippen molar-refractivity contribution in [3.63, 3.8) is 0 Å². The molecule has 1 saturated heterocycles. The summed E-state index contributed by atoms with van der Waals surface area (Å²) in [6.45, 7) is 7.63. The zero-order valence-electron chi connectivity index (χ0n) is 12.3. The molecule has 2 atom stereocenters. The molecule has 0 aliphatic carbocycles. The van der Waals surface area contributed by atoms with Crippen molar-refractivity contribution in [1.82, 2.24) is 9.78 Å². The third-order valence-corrected chi connectivity index (χ3v) is 4.43. The molecule has 0 radical (unpaired) electrons. The fraction of sp³-hybridized carbons (Fsp3) is 0.714. The summed E-state index contributed by atoms with van der Waals surface area (Å²) < 4.78 is 1.42. The first-order valence-electron chi connectivity index (χ1n) is 7.23. The standard InChI is InChI=1S/C14H23ClN4O/c1-4-10-8-18(6-5-11(10)16)12-7-17-19(9(2)3)14(20)13(12)15/h7,9-11H,4-6,8,16H2,1-3H3. The summed E-state index contributed by atoms with van der Waals surface area (Å²) in [7, 11) is 0. The van der Waals surface area contributed by atoms with Crippen molar-refractivity contribution in [2.75, 3.05) is 18.0 Å². The second kappa shape index (κ2) is 6.14. The van der Waals surface area contributed by atoms with Crippen molar-refractivity contribution in [3.05, 3.63) is 21.6 Å². The summed E-state index contributed by atoms with van der Waals surface area (Å²) in [5.41, 5.74) is 6.64. The summed E-state index contributed by atoms with van der Waals surface area (Å²) >= 11 is 6.26. The highest BCUT2D eigenvalue weighted by atomic mass is 35.5. The zero-order valence-corrected chi connectivity index (χ0v) is 13.1. The number of halogens is 1. The van der Waals surface area contributed by atoms with Gasteiger partial charge in [-0.3, -0.25) is 4.79 Å². The number of aromatic nitrogens is 2. The van der Waals surface area contributed by atoms with Gasteiger partial charge < -0.3 is 10.6 Å². The fourth-order valence-corrected chi connectivity index (χ4v) is 2.98. The lowest BCUT2D eigenvalue weighted by molar-refractivity contribution is 0.347. The van der Waals surface area contributed by atoms with E-state index < -0.39 is 0 Å². The van der Waals surface area contributed by atoms with Crippen LogP contribution in [-0.2, 0) is 0 Å². The van der Waals surface area contributed by atoms with Crippen LogP contribution in [0, 0.1) is 5.92 Å². The van der Waals surface area contributed by atoms with Crippen LogP contribution in [0.4, 0.5) is 5.69 Å². The molecule has 2 unspecified atom stereocenters. The van der Waals surface area contributed by atoms with Gasteiger partial charge in [-0.15, -0.1) is 0 Å². The quantitative estimate of drug-likeness (QED) is 0.927. The van der Waals surface area contributed by atoms with Gasteiger partial charge in [-0.1, -0.05) is 24.9 Å². The second-order valence-electron chi connectivity index (χ2n) is 5.75. The Balaban J connectivity index is 2.30. The Morgan fingerprint density at radius 3 is 2.85 bits per heavy atom. The number of nitrogens with two attached hydrogens (primary N) is 1. The van der Waals surface area contributed by atoms with E-state index in [1.165, 1.54) is 4.68 Å². The molecule has 2 heterocycles. The molecule has 2 rings (SSSR count). The van der Waals surface area contributed by atoms with Crippen LogP contribution in [0.3, 0.4) is 0 Å². The average molecular weight is 299 g/mol. The van der Waals surface area contributed by atoms with Gasteiger partial charge >= 0.3 is 0 Å². The molecule has 0 spiro atoms. The minimum Gasteiger partial charge on any atom is -0.368 e. The predicted molar refractivity (Wildman–Crippen MR) is 82.5 cm³/mol. The Kier molecular flexibility index (Phi) is 4.70. The Morgan fingerprint density at radius 2 is 2.25 bits per heavy atom. The number of anilines is 1. The van der Waals surface area contributed by atoms with Gasteiger partial charge in [-0.25, -0.2) is 4.68 Å². The molecular weight excluding hydrogens is 276 g/mol. The van der Waals surface area contributed by atoms with E-state index in [4.69, 9.17) is 17.3 Å². The molecule has 0 aromatic carbocycles. The molecule has 1 fully saturated rings. The molecule has 1 aliphatic heterocycles. The lowest BCUT2D eigenvalue weighted by Gasteiger charge is -2.38. The van der Waals surface area contributed by atoms with Gasteiger partial charge in [0, 0.05) is 19.1 Å². The van der Waals surface area contributed by atoms with Gasteiger partial charge in [0.05, 0.1) is 17.9 Å². The summed E-state index contributed by atoms with van der Waals surface area (Å²) in [6.07, 6.45) is 3.65. The molecule has 1 aromatic rings. The highest BCUT2D eigenvalue weighted by molar-refractivity contribution is 6.33. The number of piperidine rings is 1. The van der Waals surface area contributed by atoms with E-state index in [-0.39, 0.29) is 22.7 Å². The van der Waals surface area contributed by atoms with Crippen molar-refractivity contribution < 1.29 is 0 Å². The molecule has 20 heavy (non-hydrogen) atoms. The Labute approximate surface area is 124 Å². The Bertz CT molecular complexity index is 528. The van der Waals surface area contributed by atoms with Crippen LogP contribution < -0.4 is 16.2 Å². The predicted octanol–water partition coefficient (Wildman–Crippen LogP) is 2.04. The van der Waals surface area contributed by atoms with Crippen LogP contribution in [0.2, 0.25) is 5.02 Å². The van der Waals surface area contributed by atoms with Crippen LogP contribution in [-0.4, -0.2) is 28.9 Å². The minimum atomic E-state index is -0.220. The van der Waals surface area contributed by atoms with E-state index in [0.717, 1.165) is 31.6 Å². The van der Waals surface area contributed by atoms with E-state index in [1.54, 1.807) is 6.20 Å². The van der Waals surface area contributed by atoms with E-state index in [1.807, 2.05) is 13.8 Å². The number of hydrogen-bond donors (Lipinski definition) is 1. The number of hydrogen-bond acceptors (Lipinski definition) is 4. The minimum absolute atomic E-state index is 0.00668. The van der Waals surface area contributed by atoms with Gasteiger partial charge in [0.2, 0.25) is 0 Å². The van der Waals surface area contributed by atoms with Crippen LogP contribution in [0.1, 0.15) is 39.7 Å². The number of nitrogens with zero attached hydrogens (tertiary/aromatic N) is 3. The summed E-state index contributed by atoms with van der Waals surface area (Å²) in [4.78, 5) is 14.3. The lowest BCUT2D eigenvalue weighted by Crippen LogP contribution is -2.47. The van der Waals surface area contributed by atoms with E-state index in [9.17, 15) is 4.79 Å². The monoisotopic (exact) mass is 298 g/mol. The molecular formula is C14H23ClN4O. The van der Waals surface area contributed by atoms with Crippen molar-refractivity contribution in [2.45, 2.75) is 45.7 Å². The zero-order chi connectivity index (χ0) is 14.9. The third kappa shape index (κ3) is 2.83. The first-order chi connectivity index (χ1) is 9.45.